The normalized spacial score (nSPS) is 12.3. The van der Waals surface area contributed by atoms with Crippen LogP contribution in [0.25, 0.3) is 0 Å². The third-order valence-corrected chi connectivity index (χ3v) is 3.22. The minimum Gasteiger partial charge on any atom is -0.328 e. The van der Waals surface area contributed by atoms with Gasteiger partial charge in [-0.3, -0.25) is 0 Å². The maximum absolute atomic E-state index is 11.8. The molecule has 0 saturated heterocycles. The van der Waals surface area contributed by atoms with Crippen LogP contribution < -0.4 is 5.32 Å². The molecule has 1 N–H and O–H groups in total. The highest BCUT2D eigenvalue weighted by atomic mass is 16.2. The number of amides is 2. The number of anilines is 1. The van der Waals surface area contributed by atoms with E-state index >= 15 is 0 Å². The van der Waals surface area contributed by atoms with Crippen LogP contribution in [0.5, 0.6) is 0 Å². The summed E-state index contributed by atoms with van der Waals surface area (Å²) in [4.78, 5) is 15.5. The monoisotopic (exact) mass is 249 g/mol. The van der Waals surface area contributed by atoms with Crippen molar-refractivity contribution in [3.05, 3.63) is 29.8 Å². The van der Waals surface area contributed by atoms with Crippen molar-refractivity contribution in [2.75, 3.05) is 33.0 Å². The number of nitrogens with one attached hydrogen (secondary N) is 1. The Balaban J connectivity index is 2.80. The van der Waals surface area contributed by atoms with Gasteiger partial charge in [0.25, 0.3) is 0 Å². The van der Waals surface area contributed by atoms with Gasteiger partial charge in [-0.15, -0.1) is 0 Å². The molecule has 18 heavy (non-hydrogen) atoms. The highest BCUT2D eigenvalue weighted by Gasteiger charge is 2.10. The minimum atomic E-state index is -0.0767. The van der Waals surface area contributed by atoms with Crippen molar-refractivity contribution in [2.24, 2.45) is 0 Å². The van der Waals surface area contributed by atoms with Gasteiger partial charge in [0.05, 0.1) is 0 Å². The summed E-state index contributed by atoms with van der Waals surface area (Å²) in [6, 6.07) is 8.22. The molecule has 4 heteroatoms. The smallest absolute Gasteiger partial charge is 0.321 e. The Morgan fingerprint density at radius 1 is 1.33 bits per heavy atom. The topological polar surface area (TPSA) is 35.6 Å². The summed E-state index contributed by atoms with van der Waals surface area (Å²) in [5, 5.41) is 2.90. The van der Waals surface area contributed by atoms with Gasteiger partial charge in [0, 0.05) is 25.3 Å². The largest absolute Gasteiger partial charge is 0.328 e. The fourth-order valence-electron chi connectivity index (χ4n) is 1.54. The lowest BCUT2D eigenvalue weighted by Gasteiger charge is -2.21. The zero-order valence-corrected chi connectivity index (χ0v) is 11.9. The molecule has 0 aliphatic carbocycles. The van der Waals surface area contributed by atoms with Crippen LogP contribution in [0.1, 0.15) is 25.5 Å². The number of nitrogens with zero attached hydrogens (tertiary/aromatic N) is 2. The minimum absolute atomic E-state index is 0.0767. The Hall–Kier alpha value is -1.55. The summed E-state index contributed by atoms with van der Waals surface area (Å²) in [5.41, 5.74) is 2.03. The molecule has 1 aromatic carbocycles. The lowest BCUT2D eigenvalue weighted by molar-refractivity contribution is 0.224. The number of hydrogen-bond acceptors (Lipinski definition) is 2. The summed E-state index contributed by atoms with van der Waals surface area (Å²) >= 11 is 0. The van der Waals surface area contributed by atoms with Crippen molar-refractivity contribution in [3.8, 4) is 0 Å². The van der Waals surface area contributed by atoms with Crippen LogP contribution >= 0.6 is 0 Å². The third kappa shape index (κ3) is 3.74. The van der Waals surface area contributed by atoms with E-state index in [0.29, 0.717) is 12.6 Å². The number of benzene rings is 1. The molecule has 0 aliphatic rings. The van der Waals surface area contributed by atoms with Gasteiger partial charge in [0.2, 0.25) is 0 Å². The Labute approximate surface area is 110 Å². The van der Waals surface area contributed by atoms with Gasteiger partial charge in [-0.05, 0) is 45.6 Å². The first-order valence-corrected chi connectivity index (χ1v) is 6.24. The second-order valence-corrected chi connectivity index (χ2v) is 4.71. The molecule has 0 radical (unpaired) electrons. The van der Waals surface area contributed by atoms with Crippen LogP contribution in [-0.4, -0.2) is 43.5 Å². The van der Waals surface area contributed by atoms with E-state index in [0.717, 1.165) is 5.69 Å². The molecule has 1 rings (SSSR count). The van der Waals surface area contributed by atoms with E-state index in [1.165, 1.54) is 5.56 Å². The van der Waals surface area contributed by atoms with Crippen LogP contribution in [0.2, 0.25) is 0 Å². The van der Waals surface area contributed by atoms with Crippen molar-refractivity contribution in [1.29, 1.82) is 0 Å². The van der Waals surface area contributed by atoms with Crippen LogP contribution in [0.15, 0.2) is 24.3 Å². The number of urea groups is 1. The predicted octanol–water partition coefficient (Wildman–Crippen LogP) is 2.79. The number of hydrogen-bond donors (Lipinski definition) is 1. The van der Waals surface area contributed by atoms with Crippen LogP contribution in [0, 0.1) is 0 Å². The first-order valence-electron chi connectivity index (χ1n) is 6.24. The molecular weight excluding hydrogens is 226 g/mol. The molecule has 0 heterocycles. The van der Waals surface area contributed by atoms with E-state index in [9.17, 15) is 4.79 Å². The molecule has 0 fully saturated rings. The predicted molar refractivity (Wildman–Crippen MR) is 75.9 cm³/mol. The molecule has 0 bridgehead atoms. The van der Waals surface area contributed by atoms with Crippen molar-refractivity contribution in [1.82, 2.24) is 9.80 Å². The second-order valence-electron chi connectivity index (χ2n) is 4.71. The van der Waals surface area contributed by atoms with Gasteiger partial charge >= 0.3 is 6.03 Å². The molecule has 0 aliphatic heterocycles. The molecule has 0 unspecified atom stereocenters. The van der Waals surface area contributed by atoms with Gasteiger partial charge in [-0.1, -0.05) is 12.1 Å². The highest BCUT2D eigenvalue weighted by Crippen LogP contribution is 2.20. The zero-order chi connectivity index (χ0) is 13.7. The van der Waals surface area contributed by atoms with Crippen molar-refractivity contribution < 1.29 is 4.79 Å². The molecule has 0 saturated carbocycles. The molecule has 2 amide bonds. The Morgan fingerprint density at radius 2 is 2.00 bits per heavy atom. The molecule has 1 aromatic rings. The van der Waals surface area contributed by atoms with Gasteiger partial charge in [0.15, 0.2) is 0 Å². The number of carbonyl (C=O) groups is 1. The maximum atomic E-state index is 11.8. The van der Waals surface area contributed by atoms with E-state index in [2.05, 4.69) is 23.2 Å². The molecular formula is C14H23N3O. The fraction of sp³-hybridized carbons (Fsp3) is 0.500. The quantitative estimate of drug-likeness (QED) is 0.890. The van der Waals surface area contributed by atoms with E-state index < -0.39 is 0 Å². The number of rotatable bonds is 4. The van der Waals surface area contributed by atoms with Crippen molar-refractivity contribution in [2.45, 2.75) is 19.9 Å². The van der Waals surface area contributed by atoms with E-state index in [-0.39, 0.29) is 6.03 Å². The average molecular weight is 249 g/mol. The SMILES string of the molecule is CCN(C)C(=O)Nc1cccc([C@H](C)N(C)C)c1. The Kier molecular flexibility index (Phi) is 5.16. The summed E-state index contributed by atoms with van der Waals surface area (Å²) < 4.78 is 0. The first-order chi connectivity index (χ1) is 8.45. The van der Waals surface area contributed by atoms with Gasteiger partial charge in [0.1, 0.15) is 0 Å². The molecule has 4 nitrogen and oxygen atoms in total. The Bertz CT molecular complexity index is 404. The van der Waals surface area contributed by atoms with Crippen molar-refractivity contribution >= 4 is 11.7 Å². The van der Waals surface area contributed by atoms with E-state index in [1.54, 1.807) is 11.9 Å². The Morgan fingerprint density at radius 3 is 2.56 bits per heavy atom. The third-order valence-electron chi connectivity index (χ3n) is 3.22. The number of carbonyl (C=O) groups excluding carboxylic acids is 1. The van der Waals surface area contributed by atoms with E-state index in [1.807, 2.05) is 39.2 Å². The summed E-state index contributed by atoms with van der Waals surface area (Å²) in [6.45, 7) is 4.78. The van der Waals surface area contributed by atoms with Crippen LogP contribution in [0.3, 0.4) is 0 Å². The summed E-state index contributed by atoms with van der Waals surface area (Å²) in [7, 11) is 5.86. The molecule has 0 spiro atoms. The standard InChI is InChI=1S/C14H23N3O/c1-6-17(5)14(18)15-13-9-7-8-12(10-13)11(2)16(3)4/h7-11H,6H2,1-5H3,(H,15,18)/t11-/m0/s1. The van der Waals surface area contributed by atoms with Gasteiger partial charge in [-0.25, -0.2) is 4.79 Å². The van der Waals surface area contributed by atoms with E-state index in [4.69, 9.17) is 0 Å². The van der Waals surface area contributed by atoms with Gasteiger partial charge in [-0.2, -0.15) is 0 Å². The fourth-order valence-corrected chi connectivity index (χ4v) is 1.54. The van der Waals surface area contributed by atoms with Crippen LogP contribution in [-0.2, 0) is 0 Å². The van der Waals surface area contributed by atoms with Crippen LogP contribution in [0.4, 0.5) is 10.5 Å². The zero-order valence-electron chi connectivity index (χ0n) is 11.9. The molecule has 100 valence electrons. The average Bonchev–Trinajstić information content (AvgIpc) is 2.36. The summed E-state index contributed by atoms with van der Waals surface area (Å²) in [6.07, 6.45) is 0. The molecule has 1 atom stereocenters. The summed E-state index contributed by atoms with van der Waals surface area (Å²) in [5.74, 6) is 0. The molecule has 0 aromatic heterocycles. The lowest BCUT2D eigenvalue weighted by Crippen LogP contribution is -2.31. The highest BCUT2D eigenvalue weighted by molar-refractivity contribution is 5.89. The lowest BCUT2D eigenvalue weighted by atomic mass is 10.1. The maximum Gasteiger partial charge on any atom is 0.321 e. The first kappa shape index (κ1) is 14.5. The van der Waals surface area contributed by atoms with Crippen molar-refractivity contribution in [3.63, 3.8) is 0 Å². The van der Waals surface area contributed by atoms with Gasteiger partial charge < -0.3 is 15.1 Å². The second kappa shape index (κ2) is 6.40.